The number of hydrazine groups is 1. The molecule has 0 aliphatic rings. The number of ether oxygens (including phenoxy) is 1. The Bertz CT molecular complexity index is 1430. The number of carbonyl (C=O) groups is 3. The highest BCUT2D eigenvalue weighted by Crippen LogP contribution is 2.22. The minimum atomic E-state index is -0.602. The van der Waals surface area contributed by atoms with Crippen LogP contribution in [-0.2, 0) is 16.1 Å². The topological polar surface area (TPSA) is 160 Å². The van der Waals surface area contributed by atoms with Gasteiger partial charge in [0.15, 0.2) is 11.0 Å². The SMILES string of the molecule is COc1ccc(NC(=O)CSc2nc(-c3ccncc3)nn2CC(=O)NNC(=O)c2cccc(O)c2)cc1. The Labute approximate surface area is 221 Å². The zero-order chi connectivity index (χ0) is 26.9. The van der Waals surface area contributed by atoms with Crippen molar-refractivity contribution in [1.82, 2.24) is 30.6 Å². The molecule has 12 nitrogen and oxygen atoms in total. The Morgan fingerprint density at radius 2 is 1.76 bits per heavy atom. The largest absolute Gasteiger partial charge is 0.508 e. The number of hydrogen-bond donors (Lipinski definition) is 4. The molecule has 38 heavy (non-hydrogen) atoms. The summed E-state index contributed by atoms with van der Waals surface area (Å²) >= 11 is 1.10. The van der Waals surface area contributed by atoms with Crippen molar-refractivity contribution in [3.63, 3.8) is 0 Å². The van der Waals surface area contributed by atoms with E-state index >= 15 is 0 Å². The highest BCUT2D eigenvalue weighted by Gasteiger charge is 2.17. The first-order valence-electron chi connectivity index (χ1n) is 11.2. The molecule has 2 aromatic heterocycles. The average Bonchev–Trinajstić information content (AvgIpc) is 3.34. The second-order valence-electron chi connectivity index (χ2n) is 7.73. The summed E-state index contributed by atoms with van der Waals surface area (Å²) in [6.45, 7) is -0.277. The van der Waals surface area contributed by atoms with Crippen molar-refractivity contribution >= 4 is 35.2 Å². The molecule has 0 radical (unpaired) electrons. The lowest BCUT2D eigenvalue weighted by molar-refractivity contribution is -0.122. The van der Waals surface area contributed by atoms with Crippen LogP contribution in [0, 0.1) is 0 Å². The summed E-state index contributed by atoms with van der Waals surface area (Å²) in [5, 5.41) is 17.1. The third-order valence-electron chi connectivity index (χ3n) is 5.00. The first kappa shape index (κ1) is 26.2. The fourth-order valence-corrected chi connectivity index (χ4v) is 3.92. The van der Waals surface area contributed by atoms with Gasteiger partial charge in [0.1, 0.15) is 18.0 Å². The molecule has 3 amide bonds. The van der Waals surface area contributed by atoms with Gasteiger partial charge in [-0.25, -0.2) is 9.67 Å². The van der Waals surface area contributed by atoms with Gasteiger partial charge in [-0.05, 0) is 54.6 Å². The standard InChI is InChI=1S/C25H23N7O5S/c1-37-20-7-5-18(6-8-20)27-22(35)15-38-25-28-23(16-9-11-26-12-10-16)31-32(25)14-21(34)29-30-24(36)17-3-2-4-19(33)13-17/h2-13,33H,14-15H2,1H3,(H,27,35)(H,29,34)(H,30,36). The monoisotopic (exact) mass is 533 g/mol. The van der Waals surface area contributed by atoms with Crippen LogP contribution in [0.15, 0.2) is 78.2 Å². The summed E-state index contributed by atoms with van der Waals surface area (Å²) in [5.74, 6) is -0.496. The number of phenolic OH excluding ortho intramolecular Hbond substituents is 1. The molecule has 0 aliphatic carbocycles. The molecule has 0 saturated carbocycles. The summed E-state index contributed by atoms with van der Waals surface area (Å²) in [4.78, 5) is 45.8. The number of thioether (sulfide) groups is 1. The molecule has 4 aromatic rings. The number of nitrogens with zero attached hydrogens (tertiary/aromatic N) is 4. The van der Waals surface area contributed by atoms with E-state index in [1.165, 1.54) is 28.9 Å². The van der Waals surface area contributed by atoms with E-state index in [2.05, 4.69) is 31.2 Å². The average molecular weight is 534 g/mol. The highest BCUT2D eigenvalue weighted by molar-refractivity contribution is 7.99. The zero-order valence-corrected chi connectivity index (χ0v) is 20.9. The first-order valence-corrected chi connectivity index (χ1v) is 12.2. The van der Waals surface area contributed by atoms with Crippen molar-refractivity contribution in [2.45, 2.75) is 11.7 Å². The van der Waals surface area contributed by atoms with Crippen LogP contribution in [0.1, 0.15) is 10.4 Å². The number of pyridine rings is 1. The number of anilines is 1. The van der Waals surface area contributed by atoms with Crippen molar-refractivity contribution < 1.29 is 24.2 Å². The van der Waals surface area contributed by atoms with Gasteiger partial charge in [0.2, 0.25) is 5.91 Å². The number of rotatable bonds is 9. The minimum Gasteiger partial charge on any atom is -0.508 e. The van der Waals surface area contributed by atoms with Gasteiger partial charge in [-0.2, -0.15) is 0 Å². The number of phenols is 1. The van der Waals surface area contributed by atoms with E-state index in [4.69, 9.17) is 4.74 Å². The smallest absolute Gasteiger partial charge is 0.269 e. The molecule has 0 aliphatic heterocycles. The molecule has 0 spiro atoms. The van der Waals surface area contributed by atoms with E-state index in [9.17, 15) is 19.5 Å². The lowest BCUT2D eigenvalue weighted by atomic mass is 10.2. The van der Waals surface area contributed by atoms with Gasteiger partial charge in [-0.1, -0.05) is 17.8 Å². The molecular formula is C25H23N7O5S. The molecule has 0 atom stereocenters. The molecule has 194 valence electrons. The maximum Gasteiger partial charge on any atom is 0.269 e. The van der Waals surface area contributed by atoms with Crippen molar-refractivity contribution in [3.05, 3.63) is 78.6 Å². The van der Waals surface area contributed by atoms with Gasteiger partial charge in [0.05, 0.1) is 12.9 Å². The lowest BCUT2D eigenvalue weighted by Gasteiger charge is -2.09. The van der Waals surface area contributed by atoms with Crippen LogP contribution in [0.3, 0.4) is 0 Å². The van der Waals surface area contributed by atoms with Crippen LogP contribution < -0.4 is 20.9 Å². The number of aromatic hydroxyl groups is 1. The van der Waals surface area contributed by atoms with Crippen molar-refractivity contribution in [2.24, 2.45) is 0 Å². The number of carbonyl (C=O) groups excluding carboxylic acids is 3. The van der Waals surface area contributed by atoms with Crippen LogP contribution in [0.5, 0.6) is 11.5 Å². The lowest BCUT2D eigenvalue weighted by Crippen LogP contribution is -2.43. The molecule has 4 N–H and O–H groups in total. The fourth-order valence-electron chi connectivity index (χ4n) is 3.18. The number of hydrogen-bond acceptors (Lipinski definition) is 9. The summed E-state index contributed by atoms with van der Waals surface area (Å²) in [7, 11) is 1.56. The Kier molecular flexibility index (Phi) is 8.51. The maximum atomic E-state index is 12.6. The summed E-state index contributed by atoms with van der Waals surface area (Å²) in [5.41, 5.74) is 6.07. The van der Waals surface area contributed by atoms with Crippen molar-refractivity contribution in [3.8, 4) is 22.9 Å². The summed E-state index contributed by atoms with van der Waals surface area (Å²) in [6, 6.07) is 16.1. The van der Waals surface area contributed by atoms with Crippen molar-refractivity contribution in [2.75, 3.05) is 18.2 Å². The van der Waals surface area contributed by atoms with Gasteiger partial charge >= 0.3 is 0 Å². The predicted molar refractivity (Wildman–Crippen MR) is 139 cm³/mol. The van der Waals surface area contributed by atoms with Crippen molar-refractivity contribution in [1.29, 1.82) is 0 Å². The van der Waals surface area contributed by atoms with E-state index < -0.39 is 11.8 Å². The van der Waals surface area contributed by atoms with Crippen LogP contribution in [0.2, 0.25) is 0 Å². The van der Waals surface area contributed by atoms with E-state index in [0.717, 1.165) is 11.8 Å². The van der Waals surface area contributed by atoms with E-state index in [-0.39, 0.29) is 29.5 Å². The molecule has 13 heteroatoms. The molecule has 0 saturated heterocycles. The third-order valence-corrected chi connectivity index (χ3v) is 5.97. The van der Waals surface area contributed by atoms with Crippen LogP contribution >= 0.6 is 11.8 Å². The molecule has 0 bridgehead atoms. The molecule has 0 unspecified atom stereocenters. The van der Waals surface area contributed by atoms with Gasteiger partial charge in [-0.3, -0.25) is 30.2 Å². The number of benzene rings is 2. The van der Waals surface area contributed by atoms with E-state index in [1.807, 2.05) is 0 Å². The van der Waals surface area contributed by atoms with Crippen LogP contribution in [0.25, 0.3) is 11.4 Å². The first-order chi connectivity index (χ1) is 18.4. The second-order valence-corrected chi connectivity index (χ2v) is 8.67. The maximum absolute atomic E-state index is 12.6. The highest BCUT2D eigenvalue weighted by atomic mass is 32.2. The summed E-state index contributed by atoms with van der Waals surface area (Å²) < 4.78 is 6.46. The number of aromatic nitrogens is 4. The van der Waals surface area contributed by atoms with Gasteiger partial charge < -0.3 is 15.2 Å². The normalized spacial score (nSPS) is 10.4. The Hall–Kier alpha value is -4.91. The second kappa shape index (κ2) is 12.4. The van der Waals surface area contributed by atoms with Gasteiger partial charge in [0, 0.05) is 29.2 Å². The zero-order valence-electron chi connectivity index (χ0n) is 20.1. The van der Waals surface area contributed by atoms with Gasteiger partial charge in [0.25, 0.3) is 11.8 Å². The van der Waals surface area contributed by atoms with Gasteiger partial charge in [-0.15, -0.1) is 5.10 Å². The Balaban J connectivity index is 1.41. The Morgan fingerprint density at radius 1 is 1.00 bits per heavy atom. The number of amides is 3. The number of methoxy groups -OCH3 is 1. The molecule has 2 aromatic carbocycles. The number of nitrogens with one attached hydrogen (secondary N) is 3. The predicted octanol–water partition coefficient (Wildman–Crippen LogP) is 2.25. The molecule has 2 heterocycles. The molecule has 4 rings (SSSR count). The van der Waals surface area contributed by atoms with E-state index in [1.54, 1.807) is 55.9 Å². The minimum absolute atomic E-state index is 0.0103. The fraction of sp³-hybridized carbons (Fsp3) is 0.120. The summed E-state index contributed by atoms with van der Waals surface area (Å²) in [6.07, 6.45) is 3.18. The van der Waals surface area contributed by atoms with E-state index in [0.29, 0.717) is 28.0 Å². The molecular weight excluding hydrogens is 510 g/mol. The van der Waals surface area contributed by atoms with Crippen LogP contribution in [0.4, 0.5) is 5.69 Å². The quantitative estimate of drug-likeness (QED) is 0.187. The third kappa shape index (κ3) is 7.07. The molecule has 0 fully saturated rings. The Morgan fingerprint density at radius 3 is 2.47 bits per heavy atom. The van der Waals surface area contributed by atoms with Crippen LogP contribution in [-0.4, -0.2) is 55.4 Å².